The lowest BCUT2D eigenvalue weighted by molar-refractivity contribution is -0.173. The van der Waals surface area contributed by atoms with E-state index in [9.17, 15) is 27.6 Å². The van der Waals surface area contributed by atoms with Gasteiger partial charge in [-0.1, -0.05) is 12.1 Å². The Morgan fingerprint density at radius 2 is 1.73 bits per heavy atom. The summed E-state index contributed by atoms with van der Waals surface area (Å²) in [6, 6.07) is 5.92. The second-order valence-electron chi connectivity index (χ2n) is 6.28. The Labute approximate surface area is 148 Å². The highest BCUT2D eigenvalue weighted by atomic mass is 19.4. The summed E-state index contributed by atoms with van der Waals surface area (Å²) in [5.74, 6) is -2.60. The van der Waals surface area contributed by atoms with Crippen molar-refractivity contribution in [3.63, 3.8) is 0 Å². The first-order chi connectivity index (χ1) is 11.9. The largest absolute Gasteiger partial charge is 0.471 e. The molecule has 0 spiro atoms. The fourth-order valence-corrected chi connectivity index (χ4v) is 1.71. The number of hydrogen-bond donors (Lipinski definition) is 3. The third kappa shape index (κ3) is 8.36. The molecule has 7 nitrogen and oxygen atoms in total. The van der Waals surface area contributed by atoms with Crippen LogP contribution in [0.2, 0.25) is 0 Å². The van der Waals surface area contributed by atoms with Crippen LogP contribution in [0.5, 0.6) is 0 Å². The molecule has 1 aromatic carbocycles. The van der Waals surface area contributed by atoms with Gasteiger partial charge in [0.1, 0.15) is 12.1 Å². The molecule has 0 radical (unpaired) electrons. The highest BCUT2D eigenvalue weighted by Gasteiger charge is 2.38. The van der Waals surface area contributed by atoms with E-state index in [1.165, 1.54) is 24.3 Å². The number of nitrogens with one attached hydrogen (secondary N) is 3. The number of carbonyl (C=O) groups excluding carboxylic acids is 3. The average molecular weight is 375 g/mol. The van der Waals surface area contributed by atoms with E-state index in [0.29, 0.717) is 11.3 Å². The van der Waals surface area contributed by atoms with E-state index in [4.69, 9.17) is 4.74 Å². The Hall–Kier alpha value is -2.78. The Morgan fingerprint density at radius 1 is 1.08 bits per heavy atom. The first kappa shape index (κ1) is 21.3. The maximum Gasteiger partial charge on any atom is 0.471 e. The van der Waals surface area contributed by atoms with Crippen LogP contribution >= 0.6 is 0 Å². The van der Waals surface area contributed by atoms with Crippen LogP contribution in [0.25, 0.3) is 0 Å². The summed E-state index contributed by atoms with van der Waals surface area (Å²) in [6.45, 7) is 4.34. The fourth-order valence-electron chi connectivity index (χ4n) is 1.71. The number of amides is 3. The van der Waals surface area contributed by atoms with Gasteiger partial charge in [0.05, 0.1) is 0 Å². The molecule has 0 saturated carbocycles. The van der Waals surface area contributed by atoms with Gasteiger partial charge < -0.3 is 20.7 Å². The Bertz CT molecular complexity index is 669. The molecule has 10 heteroatoms. The number of anilines is 1. The maximum absolute atomic E-state index is 12.1. The number of rotatable bonds is 5. The van der Waals surface area contributed by atoms with Gasteiger partial charge >= 0.3 is 18.2 Å². The molecule has 1 aromatic rings. The topological polar surface area (TPSA) is 96.5 Å². The summed E-state index contributed by atoms with van der Waals surface area (Å²) in [7, 11) is 0. The standard InChI is InChI=1S/C16H20F3N3O4/c1-15(2,3)26-14(25)21-9-12(23)22-11-6-4-5-10(7-11)8-20-13(24)16(17,18)19/h4-7H,8-9H2,1-3H3,(H,20,24)(H,21,25)(H,22,23). The normalized spacial score (nSPS) is 11.5. The van der Waals surface area contributed by atoms with E-state index in [2.05, 4.69) is 10.6 Å². The second kappa shape index (κ2) is 8.54. The lowest BCUT2D eigenvalue weighted by atomic mass is 10.2. The minimum Gasteiger partial charge on any atom is -0.444 e. The average Bonchev–Trinajstić information content (AvgIpc) is 2.48. The molecule has 3 N–H and O–H groups in total. The molecule has 0 atom stereocenters. The van der Waals surface area contributed by atoms with Crippen molar-refractivity contribution in [2.45, 2.75) is 39.1 Å². The van der Waals surface area contributed by atoms with Crippen LogP contribution in [0.4, 0.5) is 23.7 Å². The van der Waals surface area contributed by atoms with Gasteiger partial charge in [0, 0.05) is 12.2 Å². The van der Waals surface area contributed by atoms with Gasteiger partial charge in [-0.3, -0.25) is 9.59 Å². The number of benzene rings is 1. The Morgan fingerprint density at radius 3 is 2.31 bits per heavy atom. The van der Waals surface area contributed by atoms with Crippen molar-refractivity contribution in [1.29, 1.82) is 0 Å². The third-order valence-electron chi connectivity index (χ3n) is 2.71. The zero-order valence-corrected chi connectivity index (χ0v) is 14.5. The molecule has 1 rings (SSSR count). The predicted octanol–water partition coefficient (Wildman–Crippen LogP) is 2.33. The number of alkyl carbamates (subject to hydrolysis) is 1. The molecule has 3 amide bonds. The van der Waals surface area contributed by atoms with E-state index in [0.717, 1.165) is 0 Å². The molecule has 0 aliphatic carbocycles. The van der Waals surface area contributed by atoms with E-state index in [-0.39, 0.29) is 13.1 Å². The van der Waals surface area contributed by atoms with Crippen molar-refractivity contribution < 1.29 is 32.3 Å². The summed E-state index contributed by atoms with van der Waals surface area (Å²) >= 11 is 0. The van der Waals surface area contributed by atoms with Crippen LogP contribution in [-0.2, 0) is 20.9 Å². The minimum absolute atomic E-state index is 0.305. The summed E-state index contributed by atoms with van der Waals surface area (Å²) in [6.07, 6.45) is -5.71. The van der Waals surface area contributed by atoms with Crippen LogP contribution in [0.1, 0.15) is 26.3 Å². The first-order valence-corrected chi connectivity index (χ1v) is 7.57. The summed E-state index contributed by atoms with van der Waals surface area (Å²) in [5.41, 5.74) is -0.0318. The fraction of sp³-hybridized carbons (Fsp3) is 0.438. The molecule has 144 valence electrons. The summed E-state index contributed by atoms with van der Waals surface area (Å²) < 4.78 is 41.4. The number of ether oxygens (including phenoxy) is 1. The van der Waals surface area contributed by atoms with Gasteiger partial charge in [-0.2, -0.15) is 13.2 Å². The van der Waals surface area contributed by atoms with Crippen LogP contribution in [-0.4, -0.2) is 36.2 Å². The molecule has 0 aromatic heterocycles. The minimum atomic E-state index is -4.96. The van der Waals surface area contributed by atoms with E-state index in [1.807, 2.05) is 0 Å². The number of carbonyl (C=O) groups is 3. The molecule has 0 aliphatic rings. The summed E-state index contributed by atoms with van der Waals surface area (Å²) in [4.78, 5) is 34.0. The Balaban J connectivity index is 2.51. The van der Waals surface area contributed by atoms with E-state index in [1.54, 1.807) is 26.1 Å². The van der Waals surface area contributed by atoms with Gasteiger partial charge in [0.15, 0.2) is 0 Å². The van der Waals surface area contributed by atoms with Crippen molar-refractivity contribution >= 4 is 23.6 Å². The molecule has 0 unspecified atom stereocenters. The molecule has 0 fully saturated rings. The van der Waals surface area contributed by atoms with Crippen molar-refractivity contribution in [3.05, 3.63) is 29.8 Å². The van der Waals surface area contributed by atoms with Crippen molar-refractivity contribution in [3.8, 4) is 0 Å². The van der Waals surface area contributed by atoms with Gasteiger partial charge in [-0.15, -0.1) is 0 Å². The van der Waals surface area contributed by atoms with Gasteiger partial charge in [-0.05, 0) is 38.5 Å². The van der Waals surface area contributed by atoms with Crippen LogP contribution < -0.4 is 16.0 Å². The van der Waals surface area contributed by atoms with Crippen molar-refractivity contribution in [1.82, 2.24) is 10.6 Å². The van der Waals surface area contributed by atoms with Gasteiger partial charge in [-0.25, -0.2) is 4.79 Å². The molecular weight excluding hydrogens is 355 g/mol. The van der Waals surface area contributed by atoms with Gasteiger partial charge in [0.25, 0.3) is 0 Å². The van der Waals surface area contributed by atoms with Crippen molar-refractivity contribution in [2.75, 3.05) is 11.9 Å². The molecule has 0 aliphatic heterocycles. The number of hydrogen-bond acceptors (Lipinski definition) is 4. The van der Waals surface area contributed by atoms with E-state index >= 15 is 0 Å². The molecule has 0 saturated heterocycles. The quantitative estimate of drug-likeness (QED) is 0.736. The second-order valence-corrected chi connectivity index (χ2v) is 6.28. The number of alkyl halides is 3. The lowest BCUT2D eigenvalue weighted by Gasteiger charge is -2.19. The smallest absolute Gasteiger partial charge is 0.444 e. The lowest BCUT2D eigenvalue weighted by Crippen LogP contribution is -2.37. The molecular formula is C16H20F3N3O4. The molecule has 0 heterocycles. The predicted molar refractivity (Wildman–Crippen MR) is 87.2 cm³/mol. The summed E-state index contributed by atoms with van der Waals surface area (Å²) in [5, 5.41) is 6.48. The van der Waals surface area contributed by atoms with Crippen LogP contribution in [0.3, 0.4) is 0 Å². The monoisotopic (exact) mass is 375 g/mol. The first-order valence-electron chi connectivity index (χ1n) is 7.57. The molecule has 26 heavy (non-hydrogen) atoms. The third-order valence-corrected chi connectivity index (χ3v) is 2.71. The Kier molecular flexibility index (Phi) is 6.99. The van der Waals surface area contributed by atoms with Gasteiger partial charge in [0.2, 0.25) is 5.91 Å². The highest BCUT2D eigenvalue weighted by Crippen LogP contribution is 2.15. The SMILES string of the molecule is CC(C)(C)OC(=O)NCC(=O)Nc1cccc(CNC(=O)C(F)(F)F)c1. The maximum atomic E-state index is 12.1. The molecule has 0 bridgehead atoms. The van der Waals surface area contributed by atoms with E-state index < -0.39 is 29.7 Å². The zero-order valence-electron chi connectivity index (χ0n) is 14.5. The number of halogens is 3. The van der Waals surface area contributed by atoms with Crippen molar-refractivity contribution in [2.24, 2.45) is 0 Å². The van der Waals surface area contributed by atoms with Crippen LogP contribution in [0.15, 0.2) is 24.3 Å². The zero-order chi connectivity index (χ0) is 20.0. The van der Waals surface area contributed by atoms with Crippen LogP contribution in [0, 0.1) is 0 Å². The highest BCUT2D eigenvalue weighted by molar-refractivity contribution is 5.93.